The smallest absolute Gasteiger partial charge is 0.387 e. The van der Waals surface area contributed by atoms with Gasteiger partial charge in [-0.2, -0.15) is 8.78 Å². The Morgan fingerprint density at radius 2 is 2.00 bits per heavy atom. The van der Waals surface area contributed by atoms with Crippen LogP contribution in [0.15, 0.2) is 24.3 Å². The van der Waals surface area contributed by atoms with Gasteiger partial charge in [0.05, 0.1) is 6.54 Å². The fraction of sp³-hybridized carbons (Fsp3) is 0.500. The van der Waals surface area contributed by atoms with Crippen LogP contribution in [0, 0.1) is 0 Å². The summed E-state index contributed by atoms with van der Waals surface area (Å²) in [4.78, 5) is 27.0. The fourth-order valence-electron chi connectivity index (χ4n) is 2.45. The van der Waals surface area contributed by atoms with E-state index >= 15 is 0 Å². The van der Waals surface area contributed by atoms with Gasteiger partial charge in [0.15, 0.2) is 0 Å². The van der Waals surface area contributed by atoms with Crippen molar-refractivity contribution in [1.29, 1.82) is 0 Å². The van der Waals surface area contributed by atoms with Gasteiger partial charge >= 0.3 is 6.61 Å². The summed E-state index contributed by atoms with van der Waals surface area (Å²) in [6.45, 7) is -1.80. The van der Waals surface area contributed by atoms with Crippen LogP contribution >= 0.6 is 0 Å². The highest BCUT2D eigenvalue weighted by atomic mass is 19.3. The molecule has 0 bridgehead atoms. The summed E-state index contributed by atoms with van der Waals surface area (Å²) in [5, 5.41) is 0. The summed E-state index contributed by atoms with van der Waals surface area (Å²) in [6.07, 6.45) is 2.31. The third-order valence-corrected chi connectivity index (χ3v) is 3.74. The number of hydrogen-bond acceptors (Lipinski definition) is 3. The number of alkyl halides is 2. The number of carbonyl (C=O) groups excluding carboxylic acids is 2. The molecular weight excluding hydrogens is 306 g/mol. The average Bonchev–Trinajstić information content (AvgIpc) is 2.51. The van der Waals surface area contributed by atoms with E-state index in [1.807, 2.05) is 0 Å². The second-order valence-corrected chi connectivity index (χ2v) is 5.54. The van der Waals surface area contributed by atoms with Crippen molar-refractivity contribution in [3.63, 3.8) is 0 Å². The zero-order chi connectivity index (χ0) is 16.8. The Balaban J connectivity index is 1.86. The number of nitrogens with zero attached hydrogens (tertiary/aromatic N) is 2. The zero-order valence-corrected chi connectivity index (χ0v) is 13.0. The van der Waals surface area contributed by atoms with E-state index in [1.54, 1.807) is 24.1 Å². The van der Waals surface area contributed by atoms with Gasteiger partial charge in [-0.1, -0.05) is 12.1 Å². The standard InChI is InChI=1S/C16H20F2N2O3/c1-19(15(22)11-20-9-3-2-4-14(20)21)10-12-5-7-13(8-6-12)23-16(17)18/h5-8,16H,2-4,9-11H2,1H3. The normalized spacial score (nSPS) is 15.0. The molecule has 0 radical (unpaired) electrons. The predicted octanol–water partition coefficient (Wildman–Crippen LogP) is 2.26. The van der Waals surface area contributed by atoms with Gasteiger partial charge in [-0.3, -0.25) is 9.59 Å². The zero-order valence-electron chi connectivity index (χ0n) is 13.0. The Bertz CT molecular complexity index is 549. The Kier molecular flexibility index (Phi) is 5.90. The summed E-state index contributed by atoms with van der Waals surface area (Å²) >= 11 is 0. The first-order valence-electron chi connectivity index (χ1n) is 7.51. The number of likely N-dealkylation sites (tertiary alicyclic amines) is 1. The molecular formula is C16H20F2N2O3. The van der Waals surface area contributed by atoms with Crippen molar-refractivity contribution < 1.29 is 23.1 Å². The molecule has 2 rings (SSSR count). The van der Waals surface area contributed by atoms with Crippen LogP contribution in [0.25, 0.3) is 0 Å². The van der Waals surface area contributed by atoms with Crippen molar-refractivity contribution in [2.75, 3.05) is 20.1 Å². The molecule has 1 aromatic carbocycles. The minimum absolute atomic E-state index is 0.0199. The molecule has 0 unspecified atom stereocenters. The summed E-state index contributed by atoms with van der Waals surface area (Å²) in [5.74, 6) is -0.0451. The molecule has 1 saturated heterocycles. The number of amides is 2. The number of rotatable bonds is 6. The number of ether oxygens (including phenoxy) is 1. The summed E-state index contributed by atoms with van der Waals surface area (Å²) in [6, 6.07) is 6.14. The van der Waals surface area contributed by atoms with Gasteiger partial charge in [-0.25, -0.2) is 0 Å². The first kappa shape index (κ1) is 17.2. The SMILES string of the molecule is CN(Cc1ccc(OC(F)F)cc1)C(=O)CN1CCCCC1=O. The average molecular weight is 326 g/mol. The third-order valence-electron chi connectivity index (χ3n) is 3.74. The van der Waals surface area contributed by atoms with Crippen LogP contribution < -0.4 is 4.74 Å². The molecule has 2 amide bonds. The predicted molar refractivity (Wildman–Crippen MR) is 80.0 cm³/mol. The lowest BCUT2D eigenvalue weighted by Gasteiger charge is -2.28. The molecule has 0 saturated carbocycles. The topological polar surface area (TPSA) is 49.9 Å². The molecule has 1 heterocycles. The van der Waals surface area contributed by atoms with E-state index in [4.69, 9.17) is 0 Å². The van der Waals surface area contributed by atoms with Crippen LogP contribution in [-0.4, -0.2) is 48.4 Å². The van der Waals surface area contributed by atoms with Gasteiger partial charge in [0.25, 0.3) is 0 Å². The maximum atomic E-state index is 12.2. The Morgan fingerprint density at radius 1 is 1.30 bits per heavy atom. The maximum absolute atomic E-state index is 12.2. The van der Waals surface area contributed by atoms with Crippen molar-refractivity contribution in [2.45, 2.75) is 32.4 Å². The molecule has 0 spiro atoms. The van der Waals surface area contributed by atoms with E-state index in [2.05, 4.69) is 4.74 Å². The molecule has 126 valence electrons. The van der Waals surface area contributed by atoms with Crippen molar-refractivity contribution in [3.05, 3.63) is 29.8 Å². The number of benzene rings is 1. The highest BCUT2D eigenvalue weighted by Gasteiger charge is 2.22. The quantitative estimate of drug-likeness (QED) is 0.806. The number of carbonyl (C=O) groups is 2. The van der Waals surface area contributed by atoms with Crippen LogP contribution in [0.2, 0.25) is 0 Å². The third kappa shape index (κ3) is 5.19. The van der Waals surface area contributed by atoms with Crippen LogP contribution in [0.5, 0.6) is 5.75 Å². The van der Waals surface area contributed by atoms with E-state index < -0.39 is 6.61 Å². The largest absolute Gasteiger partial charge is 0.435 e. The minimum atomic E-state index is -2.85. The first-order chi connectivity index (χ1) is 11.0. The lowest BCUT2D eigenvalue weighted by atomic mass is 10.1. The number of likely N-dealkylation sites (N-methyl/N-ethyl adjacent to an activating group) is 1. The van der Waals surface area contributed by atoms with E-state index in [-0.39, 0.29) is 24.1 Å². The van der Waals surface area contributed by atoms with E-state index in [9.17, 15) is 18.4 Å². The summed E-state index contributed by atoms with van der Waals surface area (Å²) in [7, 11) is 1.65. The fourth-order valence-corrected chi connectivity index (χ4v) is 2.45. The lowest BCUT2D eigenvalue weighted by molar-refractivity contribution is -0.141. The molecule has 23 heavy (non-hydrogen) atoms. The minimum Gasteiger partial charge on any atom is -0.435 e. The van der Waals surface area contributed by atoms with E-state index in [1.165, 1.54) is 17.0 Å². The van der Waals surface area contributed by atoms with Crippen molar-refractivity contribution in [2.24, 2.45) is 0 Å². The Hall–Kier alpha value is -2.18. The van der Waals surface area contributed by atoms with Crippen LogP contribution in [0.1, 0.15) is 24.8 Å². The molecule has 7 heteroatoms. The number of halogens is 2. The van der Waals surface area contributed by atoms with Gasteiger partial charge < -0.3 is 14.5 Å². The monoisotopic (exact) mass is 326 g/mol. The lowest BCUT2D eigenvalue weighted by Crippen LogP contribution is -2.43. The molecule has 0 aliphatic carbocycles. The van der Waals surface area contributed by atoms with Gasteiger partial charge in [0, 0.05) is 26.6 Å². The maximum Gasteiger partial charge on any atom is 0.387 e. The highest BCUT2D eigenvalue weighted by molar-refractivity contribution is 5.85. The summed E-state index contributed by atoms with van der Waals surface area (Å²) < 4.78 is 28.4. The van der Waals surface area contributed by atoms with Crippen molar-refractivity contribution in [1.82, 2.24) is 9.80 Å². The second-order valence-electron chi connectivity index (χ2n) is 5.54. The highest BCUT2D eigenvalue weighted by Crippen LogP contribution is 2.16. The number of hydrogen-bond donors (Lipinski definition) is 0. The van der Waals surface area contributed by atoms with E-state index in [0.717, 1.165) is 18.4 Å². The van der Waals surface area contributed by atoms with Gasteiger partial charge in [-0.05, 0) is 30.5 Å². The van der Waals surface area contributed by atoms with Crippen LogP contribution in [0.3, 0.4) is 0 Å². The Morgan fingerprint density at radius 3 is 2.61 bits per heavy atom. The molecule has 0 atom stereocenters. The van der Waals surface area contributed by atoms with Gasteiger partial charge in [0.1, 0.15) is 5.75 Å². The summed E-state index contributed by atoms with van der Waals surface area (Å²) in [5.41, 5.74) is 0.799. The van der Waals surface area contributed by atoms with Crippen molar-refractivity contribution >= 4 is 11.8 Å². The molecule has 5 nitrogen and oxygen atoms in total. The van der Waals surface area contributed by atoms with Crippen LogP contribution in [0.4, 0.5) is 8.78 Å². The molecule has 1 aliphatic heterocycles. The number of piperidine rings is 1. The molecule has 1 aromatic rings. The molecule has 0 aromatic heterocycles. The molecule has 1 aliphatic rings. The van der Waals surface area contributed by atoms with E-state index in [0.29, 0.717) is 19.5 Å². The van der Waals surface area contributed by atoms with Crippen LogP contribution in [-0.2, 0) is 16.1 Å². The molecule has 1 fully saturated rings. The van der Waals surface area contributed by atoms with Crippen molar-refractivity contribution in [3.8, 4) is 5.75 Å². The van der Waals surface area contributed by atoms with Gasteiger partial charge in [0.2, 0.25) is 11.8 Å². The Labute approximate surface area is 133 Å². The molecule has 0 N–H and O–H groups in total. The van der Waals surface area contributed by atoms with Gasteiger partial charge in [-0.15, -0.1) is 0 Å². The second kappa shape index (κ2) is 7.89. The first-order valence-corrected chi connectivity index (χ1v) is 7.51.